The first-order chi connectivity index (χ1) is 17.5. The largest absolute Gasteiger partial charge is 0.508 e. The molecular weight excluding hydrogens is 442 g/mol. The smallest absolute Gasteiger partial charge is 0.115 e. The van der Waals surface area contributed by atoms with Gasteiger partial charge in [0.05, 0.1) is 6.10 Å². The fourth-order valence-corrected chi connectivity index (χ4v) is 8.40. The summed E-state index contributed by atoms with van der Waals surface area (Å²) in [6.07, 6.45) is 13.0. The summed E-state index contributed by atoms with van der Waals surface area (Å²) in [7, 11) is 2.27. The molecule has 5 rings (SSSR count). The minimum Gasteiger partial charge on any atom is -0.508 e. The maximum atomic E-state index is 11.0. The van der Waals surface area contributed by atoms with Crippen molar-refractivity contribution in [3.63, 3.8) is 0 Å². The topological polar surface area (TPSA) is 43.7 Å². The number of aromatic hydroxyl groups is 1. The summed E-state index contributed by atoms with van der Waals surface area (Å²) in [5.41, 5.74) is 4.43. The van der Waals surface area contributed by atoms with Gasteiger partial charge in [0.25, 0.3) is 0 Å². The number of aryl methyl sites for hydroxylation is 2. The summed E-state index contributed by atoms with van der Waals surface area (Å²) < 4.78 is 0. The second-order valence-corrected chi connectivity index (χ2v) is 12.5. The Morgan fingerprint density at radius 1 is 0.944 bits per heavy atom. The molecule has 2 aromatic rings. The predicted octanol–water partition coefficient (Wildman–Crippen LogP) is 6.96. The number of nitrogens with zero attached hydrogens (tertiary/aromatic N) is 1. The standard InChI is InChI=1S/C33H47NO2/c1-33-23-26(13-7-4-8-20-34(2)21-9-12-24-10-5-3-6-11-24)32-28-17-15-27(35)22-25(28)14-16-29(32)30(33)18-19-31(33)36/h3,5-6,10-11,15,17,22,26,29-32,35-36H,4,7-9,12-14,16,18-21,23H2,1-2H3/t26-,29-,30-,31-,32+,33-/m0/s1. The number of unbranched alkanes of at least 4 members (excludes halogenated alkanes) is 2. The lowest BCUT2D eigenvalue weighted by molar-refractivity contribution is -0.0501. The van der Waals surface area contributed by atoms with E-state index in [0.29, 0.717) is 29.4 Å². The zero-order chi connectivity index (χ0) is 25.1. The maximum Gasteiger partial charge on any atom is 0.115 e. The van der Waals surface area contributed by atoms with Gasteiger partial charge in [0, 0.05) is 0 Å². The second kappa shape index (κ2) is 11.3. The first kappa shape index (κ1) is 25.8. The Balaban J connectivity index is 1.14. The van der Waals surface area contributed by atoms with Crippen molar-refractivity contribution in [2.45, 2.75) is 89.6 Å². The van der Waals surface area contributed by atoms with Crippen molar-refractivity contribution in [1.82, 2.24) is 4.90 Å². The Bertz CT molecular complexity index is 990. The van der Waals surface area contributed by atoms with Crippen LogP contribution < -0.4 is 0 Å². The summed E-state index contributed by atoms with van der Waals surface area (Å²) >= 11 is 0. The average molecular weight is 490 g/mol. The van der Waals surface area contributed by atoms with Gasteiger partial charge < -0.3 is 15.1 Å². The van der Waals surface area contributed by atoms with Crippen LogP contribution >= 0.6 is 0 Å². The second-order valence-electron chi connectivity index (χ2n) is 12.5. The Morgan fingerprint density at radius 3 is 2.58 bits per heavy atom. The predicted molar refractivity (Wildman–Crippen MR) is 148 cm³/mol. The Labute approximate surface area is 218 Å². The molecular formula is C33H47NO2. The van der Waals surface area contributed by atoms with Crippen molar-refractivity contribution in [3.05, 3.63) is 65.2 Å². The molecule has 36 heavy (non-hydrogen) atoms. The van der Waals surface area contributed by atoms with Crippen molar-refractivity contribution in [2.75, 3.05) is 20.1 Å². The van der Waals surface area contributed by atoms with E-state index in [0.717, 1.165) is 12.8 Å². The van der Waals surface area contributed by atoms with Crippen molar-refractivity contribution >= 4 is 0 Å². The summed E-state index contributed by atoms with van der Waals surface area (Å²) in [5, 5.41) is 21.1. The summed E-state index contributed by atoms with van der Waals surface area (Å²) in [6.45, 7) is 4.75. The van der Waals surface area contributed by atoms with E-state index in [1.807, 2.05) is 12.1 Å². The molecule has 2 saturated carbocycles. The molecule has 3 nitrogen and oxygen atoms in total. The highest BCUT2D eigenvalue weighted by atomic mass is 16.3. The lowest BCUT2D eigenvalue weighted by Gasteiger charge is -2.54. The van der Waals surface area contributed by atoms with Crippen molar-refractivity contribution in [3.8, 4) is 5.75 Å². The van der Waals surface area contributed by atoms with Crippen LogP contribution in [0.25, 0.3) is 0 Å². The molecule has 0 radical (unpaired) electrons. The average Bonchev–Trinajstić information content (AvgIpc) is 3.17. The van der Waals surface area contributed by atoms with E-state index in [-0.39, 0.29) is 11.5 Å². The van der Waals surface area contributed by atoms with Crippen molar-refractivity contribution in [2.24, 2.45) is 23.2 Å². The highest BCUT2D eigenvalue weighted by Crippen LogP contribution is 2.63. The number of aliphatic hydroxyl groups is 1. The third-order valence-corrected chi connectivity index (χ3v) is 10.2. The number of phenolic OH excluding ortho intramolecular Hbond substituents is 1. The lowest BCUT2D eigenvalue weighted by atomic mass is 9.51. The molecule has 0 saturated heterocycles. The van der Waals surface area contributed by atoms with Crippen LogP contribution in [0.3, 0.4) is 0 Å². The Kier molecular flexibility index (Phi) is 8.08. The van der Waals surface area contributed by atoms with Gasteiger partial charge in [-0.1, -0.05) is 56.2 Å². The van der Waals surface area contributed by atoms with Gasteiger partial charge in [-0.05, 0) is 136 Å². The highest BCUT2D eigenvalue weighted by molar-refractivity contribution is 5.40. The van der Waals surface area contributed by atoms with E-state index in [1.54, 1.807) is 0 Å². The lowest BCUT2D eigenvalue weighted by Crippen LogP contribution is -2.47. The summed E-state index contributed by atoms with van der Waals surface area (Å²) in [6, 6.07) is 17.0. The molecule has 3 aliphatic rings. The number of fused-ring (bicyclic) bond motifs is 5. The van der Waals surface area contributed by atoms with Gasteiger partial charge in [-0.25, -0.2) is 0 Å². The van der Waals surface area contributed by atoms with Gasteiger partial charge in [0.2, 0.25) is 0 Å². The molecule has 2 aromatic carbocycles. The fraction of sp³-hybridized carbons (Fsp3) is 0.636. The van der Waals surface area contributed by atoms with Gasteiger partial charge in [-0.2, -0.15) is 0 Å². The molecule has 3 heteroatoms. The number of hydrogen-bond donors (Lipinski definition) is 2. The number of aliphatic hydroxyl groups excluding tert-OH is 1. The SMILES string of the molecule is CN(CCCCC[C@H]1C[C@]2(C)[C@@H](O)CC[C@H]2[C@@H]2CCc3cc(O)ccc3[C@@H]12)CCCc1ccccc1. The van der Waals surface area contributed by atoms with Gasteiger partial charge in [-0.3, -0.25) is 0 Å². The van der Waals surface area contributed by atoms with E-state index in [2.05, 4.69) is 55.3 Å². The third-order valence-electron chi connectivity index (χ3n) is 10.2. The molecule has 196 valence electrons. The molecule has 0 aromatic heterocycles. The number of benzene rings is 2. The molecule has 2 fully saturated rings. The van der Waals surface area contributed by atoms with E-state index in [1.165, 1.54) is 87.6 Å². The monoisotopic (exact) mass is 489 g/mol. The van der Waals surface area contributed by atoms with Gasteiger partial charge in [-0.15, -0.1) is 0 Å². The molecule has 3 aliphatic carbocycles. The highest BCUT2D eigenvalue weighted by Gasteiger charge is 2.57. The van der Waals surface area contributed by atoms with E-state index >= 15 is 0 Å². The Hall–Kier alpha value is -1.84. The first-order valence-corrected chi connectivity index (χ1v) is 14.7. The maximum absolute atomic E-state index is 11.0. The number of hydrogen-bond acceptors (Lipinski definition) is 3. The minimum atomic E-state index is -0.128. The zero-order valence-corrected chi connectivity index (χ0v) is 22.5. The van der Waals surface area contributed by atoms with Crippen LogP contribution in [0.1, 0.15) is 87.3 Å². The van der Waals surface area contributed by atoms with Gasteiger partial charge in [0.1, 0.15) is 5.75 Å². The van der Waals surface area contributed by atoms with E-state index in [4.69, 9.17) is 0 Å². The first-order valence-electron chi connectivity index (χ1n) is 14.7. The molecule has 6 atom stereocenters. The van der Waals surface area contributed by atoms with Crippen LogP contribution in [-0.2, 0) is 12.8 Å². The third kappa shape index (κ3) is 5.38. The van der Waals surface area contributed by atoms with Crippen molar-refractivity contribution in [1.29, 1.82) is 0 Å². The Morgan fingerprint density at radius 2 is 1.75 bits per heavy atom. The van der Waals surface area contributed by atoms with E-state index in [9.17, 15) is 10.2 Å². The molecule has 0 heterocycles. The van der Waals surface area contributed by atoms with E-state index < -0.39 is 0 Å². The molecule has 0 bridgehead atoms. The van der Waals surface area contributed by atoms with Crippen LogP contribution in [0.2, 0.25) is 0 Å². The quantitative estimate of drug-likeness (QED) is 0.355. The summed E-state index contributed by atoms with van der Waals surface area (Å²) in [5.74, 6) is 3.02. The molecule has 0 amide bonds. The van der Waals surface area contributed by atoms with Crippen LogP contribution in [0.4, 0.5) is 0 Å². The number of phenols is 1. The molecule has 0 unspecified atom stereocenters. The zero-order valence-electron chi connectivity index (χ0n) is 22.5. The molecule has 0 spiro atoms. The van der Waals surface area contributed by atoms with Crippen LogP contribution in [0.5, 0.6) is 5.75 Å². The minimum absolute atomic E-state index is 0.0965. The van der Waals surface area contributed by atoms with Gasteiger partial charge >= 0.3 is 0 Å². The van der Waals surface area contributed by atoms with Crippen LogP contribution in [0.15, 0.2) is 48.5 Å². The normalized spacial score (nSPS) is 31.2. The number of rotatable bonds is 10. The van der Waals surface area contributed by atoms with Crippen LogP contribution in [0, 0.1) is 23.2 Å². The molecule has 2 N–H and O–H groups in total. The van der Waals surface area contributed by atoms with Crippen LogP contribution in [-0.4, -0.2) is 41.4 Å². The summed E-state index contributed by atoms with van der Waals surface area (Å²) in [4.78, 5) is 2.50. The fourth-order valence-electron chi connectivity index (χ4n) is 8.40. The molecule has 0 aliphatic heterocycles. The van der Waals surface area contributed by atoms with Gasteiger partial charge in [0.15, 0.2) is 0 Å². The van der Waals surface area contributed by atoms with Crippen molar-refractivity contribution < 1.29 is 10.2 Å².